The van der Waals surface area contributed by atoms with E-state index < -0.39 is 0 Å². The Hall–Kier alpha value is -2.73. The summed E-state index contributed by atoms with van der Waals surface area (Å²) in [6.45, 7) is 2.39. The third-order valence-corrected chi connectivity index (χ3v) is 5.52. The lowest BCUT2D eigenvalue weighted by molar-refractivity contribution is 0.177. The number of benzene rings is 2. The van der Waals surface area contributed by atoms with Gasteiger partial charge in [0.05, 0.1) is 30.2 Å². The molecule has 28 heavy (non-hydrogen) atoms. The molecular weight excluding hydrogens is 376 g/mol. The Morgan fingerprint density at radius 2 is 2.04 bits per heavy atom. The number of amides is 2. The van der Waals surface area contributed by atoms with Gasteiger partial charge in [-0.1, -0.05) is 23.7 Å². The molecule has 2 aromatic carbocycles. The molecular formula is C21H23ClN4O2. The number of likely N-dealkylation sites (tertiary alicyclic amines) is 1. The molecule has 7 heteroatoms. The number of halogens is 1. The molecule has 2 heterocycles. The van der Waals surface area contributed by atoms with Gasteiger partial charge in [-0.15, -0.1) is 0 Å². The first-order chi connectivity index (χ1) is 13.6. The van der Waals surface area contributed by atoms with Crippen molar-refractivity contribution in [3.63, 3.8) is 0 Å². The summed E-state index contributed by atoms with van der Waals surface area (Å²) in [5.74, 6) is 1.13. The van der Waals surface area contributed by atoms with Gasteiger partial charge in [0, 0.05) is 24.7 Å². The number of imidazole rings is 1. The number of methoxy groups -OCH3 is 1. The number of aromatic nitrogens is 2. The summed E-state index contributed by atoms with van der Waals surface area (Å²) in [5, 5.41) is 3.48. The number of hydrogen-bond donors (Lipinski definition) is 1. The Balaban J connectivity index is 1.35. The van der Waals surface area contributed by atoms with Crippen molar-refractivity contribution < 1.29 is 9.53 Å². The third-order valence-electron chi connectivity index (χ3n) is 5.29. The number of nitrogens with one attached hydrogen (secondary N) is 1. The monoisotopic (exact) mass is 398 g/mol. The molecule has 2 amide bonds. The number of ether oxygens (including phenoxy) is 1. The number of hydrogen-bond acceptors (Lipinski definition) is 3. The zero-order valence-corrected chi connectivity index (χ0v) is 16.5. The van der Waals surface area contributed by atoms with E-state index in [2.05, 4.69) is 20.9 Å². The number of para-hydroxylation sites is 2. The van der Waals surface area contributed by atoms with E-state index in [0.717, 1.165) is 43.5 Å². The highest BCUT2D eigenvalue weighted by molar-refractivity contribution is 6.31. The normalized spacial score (nSPS) is 15.0. The van der Waals surface area contributed by atoms with Crippen LogP contribution in [-0.4, -0.2) is 40.7 Å². The average Bonchev–Trinajstić information content (AvgIpc) is 3.12. The second-order valence-corrected chi connectivity index (χ2v) is 7.53. The SMILES string of the molecule is COc1ccc(Cl)cc1NC(=O)N1CCC(Cn2cnc3ccccc32)CC1. The molecule has 6 nitrogen and oxygen atoms in total. The Kier molecular flexibility index (Phi) is 5.39. The second kappa shape index (κ2) is 8.10. The minimum atomic E-state index is -0.118. The van der Waals surface area contributed by atoms with Crippen molar-refractivity contribution in [3.8, 4) is 5.75 Å². The molecule has 0 radical (unpaired) electrons. The van der Waals surface area contributed by atoms with Crippen LogP contribution in [0.15, 0.2) is 48.8 Å². The van der Waals surface area contributed by atoms with Crippen molar-refractivity contribution in [3.05, 3.63) is 53.8 Å². The first-order valence-corrected chi connectivity index (χ1v) is 9.81. The Morgan fingerprint density at radius 1 is 1.25 bits per heavy atom. The highest BCUT2D eigenvalue weighted by Crippen LogP contribution is 2.28. The Bertz CT molecular complexity index is 979. The van der Waals surface area contributed by atoms with Crippen molar-refractivity contribution in [1.29, 1.82) is 0 Å². The summed E-state index contributed by atoms with van der Waals surface area (Å²) in [5.41, 5.74) is 2.78. The van der Waals surface area contributed by atoms with Crippen LogP contribution in [0.2, 0.25) is 5.02 Å². The van der Waals surface area contributed by atoms with Gasteiger partial charge in [-0.2, -0.15) is 0 Å². The summed E-state index contributed by atoms with van der Waals surface area (Å²) in [4.78, 5) is 19.0. The zero-order valence-electron chi connectivity index (χ0n) is 15.8. The van der Waals surface area contributed by atoms with E-state index in [1.165, 1.54) is 0 Å². The average molecular weight is 399 g/mol. The van der Waals surface area contributed by atoms with E-state index in [1.54, 1.807) is 25.3 Å². The summed E-state index contributed by atoms with van der Waals surface area (Å²) < 4.78 is 7.51. The van der Waals surface area contributed by atoms with E-state index in [4.69, 9.17) is 16.3 Å². The Labute approximate surface area is 169 Å². The molecule has 0 atom stereocenters. The molecule has 146 valence electrons. The number of fused-ring (bicyclic) bond motifs is 1. The molecule has 0 bridgehead atoms. The van der Waals surface area contributed by atoms with E-state index in [-0.39, 0.29) is 6.03 Å². The molecule has 1 aliphatic heterocycles. The minimum Gasteiger partial charge on any atom is -0.495 e. The summed E-state index contributed by atoms with van der Waals surface area (Å²) in [6, 6.07) is 13.2. The second-order valence-electron chi connectivity index (χ2n) is 7.09. The Morgan fingerprint density at radius 3 is 2.82 bits per heavy atom. The minimum absolute atomic E-state index is 0.118. The molecule has 0 saturated carbocycles. The van der Waals surface area contributed by atoms with Gasteiger partial charge in [0.25, 0.3) is 0 Å². The third kappa shape index (κ3) is 3.92. The molecule has 4 rings (SSSR count). The lowest BCUT2D eigenvalue weighted by Crippen LogP contribution is -2.41. The van der Waals surface area contributed by atoms with Crippen molar-refractivity contribution in [2.75, 3.05) is 25.5 Å². The van der Waals surface area contributed by atoms with Gasteiger partial charge in [-0.05, 0) is 49.1 Å². The van der Waals surface area contributed by atoms with Gasteiger partial charge >= 0.3 is 6.03 Å². The van der Waals surface area contributed by atoms with Crippen molar-refractivity contribution in [2.24, 2.45) is 5.92 Å². The lowest BCUT2D eigenvalue weighted by atomic mass is 9.97. The quantitative estimate of drug-likeness (QED) is 0.696. The van der Waals surface area contributed by atoms with E-state index in [0.29, 0.717) is 22.4 Å². The van der Waals surface area contributed by atoms with Crippen LogP contribution in [0, 0.1) is 5.92 Å². The number of carbonyl (C=O) groups is 1. The highest BCUT2D eigenvalue weighted by atomic mass is 35.5. The van der Waals surface area contributed by atoms with Gasteiger partial charge in [-0.3, -0.25) is 0 Å². The van der Waals surface area contributed by atoms with Crippen LogP contribution in [0.1, 0.15) is 12.8 Å². The highest BCUT2D eigenvalue weighted by Gasteiger charge is 2.24. The number of anilines is 1. The molecule has 0 spiro atoms. The summed E-state index contributed by atoms with van der Waals surface area (Å²) in [6.07, 6.45) is 3.84. The van der Waals surface area contributed by atoms with Crippen molar-refractivity contribution in [1.82, 2.24) is 14.5 Å². The van der Waals surface area contributed by atoms with Crippen LogP contribution in [0.3, 0.4) is 0 Å². The van der Waals surface area contributed by atoms with Gasteiger partial charge < -0.3 is 19.5 Å². The van der Waals surface area contributed by atoms with Crippen LogP contribution in [0.4, 0.5) is 10.5 Å². The maximum Gasteiger partial charge on any atom is 0.321 e. The predicted molar refractivity (Wildman–Crippen MR) is 111 cm³/mol. The number of nitrogens with zero attached hydrogens (tertiary/aromatic N) is 3. The fourth-order valence-electron chi connectivity index (χ4n) is 3.72. The molecule has 0 unspecified atom stereocenters. The maximum absolute atomic E-state index is 12.6. The largest absolute Gasteiger partial charge is 0.495 e. The fourth-order valence-corrected chi connectivity index (χ4v) is 3.90. The van der Waals surface area contributed by atoms with E-state index in [1.807, 2.05) is 29.4 Å². The van der Waals surface area contributed by atoms with Crippen LogP contribution in [0.5, 0.6) is 5.75 Å². The number of piperidine rings is 1. The van der Waals surface area contributed by atoms with Crippen molar-refractivity contribution in [2.45, 2.75) is 19.4 Å². The summed E-state index contributed by atoms with van der Waals surface area (Å²) >= 11 is 6.04. The van der Waals surface area contributed by atoms with Gasteiger partial charge in [0.1, 0.15) is 5.75 Å². The van der Waals surface area contributed by atoms with Crippen LogP contribution in [0.25, 0.3) is 11.0 Å². The number of urea groups is 1. The molecule has 1 aromatic heterocycles. The first-order valence-electron chi connectivity index (χ1n) is 9.43. The number of carbonyl (C=O) groups excluding carboxylic acids is 1. The lowest BCUT2D eigenvalue weighted by Gasteiger charge is -2.32. The molecule has 1 fully saturated rings. The molecule has 0 aliphatic carbocycles. The van der Waals surface area contributed by atoms with Crippen LogP contribution < -0.4 is 10.1 Å². The smallest absolute Gasteiger partial charge is 0.321 e. The van der Waals surface area contributed by atoms with Gasteiger partial charge in [-0.25, -0.2) is 9.78 Å². The van der Waals surface area contributed by atoms with Crippen LogP contribution in [-0.2, 0) is 6.54 Å². The molecule has 1 N–H and O–H groups in total. The van der Waals surface area contributed by atoms with E-state index in [9.17, 15) is 4.79 Å². The van der Waals surface area contributed by atoms with E-state index >= 15 is 0 Å². The summed E-state index contributed by atoms with van der Waals surface area (Å²) in [7, 11) is 1.57. The van der Waals surface area contributed by atoms with Crippen LogP contribution >= 0.6 is 11.6 Å². The van der Waals surface area contributed by atoms with Crippen molar-refractivity contribution >= 4 is 34.4 Å². The predicted octanol–water partition coefficient (Wildman–Crippen LogP) is 4.64. The van der Waals surface area contributed by atoms with Gasteiger partial charge in [0.2, 0.25) is 0 Å². The molecule has 1 aliphatic rings. The number of rotatable bonds is 4. The standard InChI is InChI=1S/C21H23ClN4O2/c1-28-20-7-6-16(22)12-18(20)24-21(27)25-10-8-15(9-11-25)13-26-14-23-17-4-2-3-5-19(17)26/h2-7,12,14-15H,8-11,13H2,1H3,(H,24,27). The van der Waals surface area contributed by atoms with Gasteiger partial charge in [0.15, 0.2) is 0 Å². The molecule has 1 saturated heterocycles. The molecule has 3 aromatic rings. The maximum atomic E-state index is 12.6. The first kappa shape index (κ1) is 18.6. The zero-order chi connectivity index (χ0) is 19.5. The topological polar surface area (TPSA) is 59.4 Å². The fraction of sp³-hybridized carbons (Fsp3) is 0.333.